The van der Waals surface area contributed by atoms with Crippen LogP contribution in [0, 0.1) is 0 Å². The first-order valence-corrected chi connectivity index (χ1v) is 12.1. The van der Waals surface area contributed by atoms with Gasteiger partial charge < -0.3 is 9.47 Å². The van der Waals surface area contributed by atoms with Crippen molar-refractivity contribution in [2.75, 3.05) is 11.4 Å². The van der Waals surface area contributed by atoms with E-state index >= 15 is 0 Å². The van der Waals surface area contributed by atoms with Crippen LogP contribution in [-0.4, -0.2) is 31.0 Å². The Balaban J connectivity index is 1.46. The lowest BCUT2D eigenvalue weighted by atomic mass is 10.0. The third-order valence-electron chi connectivity index (χ3n) is 6.54. The number of hydrogen-bond acceptors (Lipinski definition) is 5. The monoisotopic (exact) mass is 528 g/mol. The maximum atomic E-state index is 14.8. The molecule has 0 N–H and O–H groups in total. The molecule has 0 fully saturated rings. The highest BCUT2D eigenvalue weighted by Gasteiger charge is 2.41. The summed E-state index contributed by atoms with van der Waals surface area (Å²) in [5.74, 6) is -2.30. The summed E-state index contributed by atoms with van der Waals surface area (Å²) in [5, 5.41) is 0. The maximum Gasteiger partial charge on any atom is 0.434 e. The van der Waals surface area contributed by atoms with Crippen molar-refractivity contribution < 1.29 is 22.0 Å². The fraction of sp³-hybridized carbons (Fsp3) is 0.333. The minimum absolute atomic E-state index is 0.0800. The van der Waals surface area contributed by atoms with E-state index in [0.717, 1.165) is 17.5 Å². The molecule has 0 spiro atoms. The smallest absolute Gasteiger partial charge is 0.352 e. The summed E-state index contributed by atoms with van der Waals surface area (Å²) < 4.78 is 70.1. The number of benzene rings is 1. The molecule has 0 bridgehead atoms. The minimum atomic E-state index is -4.54. The lowest BCUT2D eigenvalue weighted by molar-refractivity contribution is -0.140. The number of halogens is 5. The molecule has 3 aromatic heterocycles. The Labute approximate surface area is 216 Å². The van der Waals surface area contributed by atoms with Crippen LogP contribution in [0.15, 0.2) is 55.0 Å². The molecular formula is C27H25F5N6. The van der Waals surface area contributed by atoms with Gasteiger partial charge in [-0.25, -0.2) is 23.7 Å². The van der Waals surface area contributed by atoms with E-state index in [9.17, 15) is 22.0 Å². The number of aryl methyl sites for hydroxylation is 1. The molecule has 0 amide bonds. The van der Waals surface area contributed by atoms with E-state index in [1.165, 1.54) is 17.8 Å². The Morgan fingerprint density at radius 2 is 1.76 bits per heavy atom. The van der Waals surface area contributed by atoms with Crippen LogP contribution in [0.4, 0.5) is 27.8 Å². The molecule has 4 heterocycles. The van der Waals surface area contributed by atoms with Crippen LogP contribution >= 0.6 is 0 Å². The number of aromatic nitrogens is 5. The molecule has 0 saturated heterocycles. The van der Waals surface area contributed by atoms with Crippen LogP contribution in [0.5, 0.6) is 0 Å². The summed E-state index contributed by atoms with van der Waals surface area (Å²) >= 11 is 0. The zero-order valence-corrected chi connectivity index (χ0v) is 21.0. The number of fused-ring (bicyclic) bond motifs is 1. The fourth-order valence-electron chi connectivity index (χ4n) is 4.59. The van der Waals surface area contributed by atoms with Crippen LogP contribution in [0.25, 0.3) is 22.8 Å². The highest BCUT2D eigenvalue weighted by molar-refractivity contribution is 5.63. The molecule has 38 heavy (non-hydrogen) atoms. The van der Waals surface area contributed by atoms with E-state index in [2.05, 4.69) is 19.9 Å². The van der Waals surface area contributed by atoms with Crippen molar-refractivity contribution in [3.8, 4) is 22.8 Å². The largest absolute Gasteiger partial charge is 0.434 e. The van der Waals surface area contributed by atoms with Crippen LogP contribution < -0.4 is 4.90 Å². The Kier molecular flexibility index (Phi) is 6.40. The van der Waals surface area contributed by atoms with Gasteiger partial charge in [-0.2, -0.15) is 13.2 Å². The molecule has 6 nitrogen and oxygen atoms in total. The summed E-state index contributed by atoms with van der Waals surface area (Å²) in [4.78, 5) is 18.8. The second-order valence-electron chi connectivity index (χ2n) is 9.65. The van der Waals surface area contributed by atoms with Gasteiger partial charge in [0.1, 0.15) is 11.6 Å². The second-order valence-corrected chi connectivity index (χ2v) is 9.65. The standard InChI is InChI=1S/C27H25F5N6/c1-16(2)22-19(5-4-11-33-22)23-34-13-20-25(36-23)38(12-10-26(20,28)29)14-17-6-8-18(9-7-17)24-35-21(15-37(24)3)27(30,31)32/h4-9,11,13,15-16H,10,12,14H2,1-3H3. The van der Waals surface area contributed by atoms with Gasteiger partial charge in [-0.3, -0.25) is 4.98 Å². The zero-order chi connectivity index (χ0) is 27.2. The molecule has 0 aliphatic carbocycles. The molecule has 1 aromatic carbocycles. The van der Waals surface area contributed by atoms with Crippen LogP contribution in [-0.2, 0) is 25.7 Å². The number of nitrogens with zero attached hydrogens (tertiary/aromatic N) is 6. The first-order valence-electron chi connectivity index (χ1n) is 12.1. The Morgan fingerprint density at radius 1 is 1.03 bits per heavy atom. The summed E-state index contributed by atoms with van der Waals surface area (Å²) in [6.45, 7) is 4.35. The number of rotatable bonds is 5. The van der Waals surface area contributed by atoms with Gasteiger partial charge >= 0.3 is 6.18 Å². The average molecular weight is 529 g/mol. The number of hydrogen-bond donors (Lipinski definition) is 0. The Morgan fingerprint density at radius 3 is 2.42 bits per heavy atom. The summed E-state index contributed by atoms with van der Waals surface area (Å²) in [6, 6.07) is 10.4. The fourth-order valence-corrected chi connectivity index (χ4v) is 4.59. The van der Waals surface area contributed by atoms with E-state index in [1.807, 2.05) is 19.9 Å². The predicted octanol–water partition coefficient (Wildman–Crippen LogP) is 6.58. The molecule has 1 aliphatic heterocycles. The Hall–Kier alpha value is -3.89. The minimum Gasteiger partial charge on any atom is -0.352 e. The number of alkyl halides is 5. The molecule has 0 atom stereocenters. The first kappa shape index (κ1) is 25.7. The predicted molar refractivity (Wildman–Crippen MR) is 133 cm³/mol. The third-order valence-corrected chi connectivity index (χ3v) is 6.54. The van der Waals surface area contributed by atoms with Crippen molar-refractivity contribution in [1.82, 2.24) is 24.5 Å². The quantitative estimate of drug-likeness (QED) is 0.274. The van der Waals surface area contributed by atoms with Crippen molar-refractivity contribution in [2.45, 2.75) is 44.8 Å². The zero-order valence-electron chi connectivity index (χ0n) is 21.0. The van der Waals surface area contributed by atoms with E-state index in [4.69, 9.17) is 0 Å². The van der Waals surface area contributed by atoms with Crippen molar-refractivity contribution in [3.63, 3.8) is 0 Å². The second kappa shape index (κ2) is 9.45. The van der Waals surface area contributed by atoms with Crippen molar-refractivity contribution in [3.05, 3.63) is 77.5 Å². The van der Waals surface area contributed by atoms with Gasteiger partial charge in [-0.15, -0.1) is 0 Å². The van der Waals surface area contributed by atoms with E-state index in [1.54, 1.807) is 41.4 Å². The number of anilines is 1. The van der Waals surface area contributed by atoms with Crippen LogP contribution in [0.1, 0.15) is 48.7 Å². The SMILES string of the molecule is CC(C)c1ncccc1-c1ncc2c(n1)N(Cc1ccc(-c3nc(C(F)(F)F)cn3C)cc1)CCC2(F)F. The summed E-state index contributed by atoms with van der Waals surface area (Å²) in [7, 11) is 1.50. The highest BCUT2D eigenvalue weighted by atomic mass is 19.4. The van der Waals surface area contributed by atoms with Crippen molar-refractivity contribution in [2.24, 2.45) is 7.05 Å². The van der Waals surface area contributed by atoms with Crippen LogP contribution in [0.3, 0.4) is 0 Å². The summed E-state index contributed by atoms with van der Waals surface area (Å²) in [6.07, 6.45) is -1.09. The lowest BCUT2D eigenvalue weighted by Gasteiger charge is -2.34. The molecule has 0 saturated carbocycles. The van der Waals surface area contributed by atoms with Crippen molar-refractivity contribution in [1.29, 1.82) is 0 Å². The molecule has 5 rings (SSSR count). The molecule has 4 aromatic rings. The van der Waals surface area contributed by atoms with Crippen molar-refractivity contribution >= 4 is 5.82 Å². The van der Waals surface area contributed by atoms with Gasteiger partial charge in [0.2, 0.25) is 0 Å². The van der Waals surface area contributed by atoms with Gasteiger partial charge in [0.05, 0.1) is 11.3 Å². The molecule has 0 radical (unpaired) electrons. The average Bonchev–Trinajstić information content (AvgIpc) is 3.28. The van der Waals surface area contributed by atoms with Crippen LogP contribution in [0.2, 0.25) is 0 Å². The lowest BCUT2D eigenvalue weighted by Crippen LogP contribution is -2.36. The van der Waals surface area contributed by atoms with Gasteiger partial charge in [0, 0.05) is 56.3 Å². The molecule has 1 aliphatic rings. The van der Waals surface area contributed by atoms with Gasteiger partial charge in [0.25, 0.3) is 5.92 Å². The maximum absolute atomic E-state index is 14.8. The normalized spacial score (nSPS) is 15.1. The van der Waals surface area contributed by atoms with E-state index in [0.29, 0.717) is 17.0 Å². The number of imidazole rings is 1. The highest BCUT2D eigenvalue weighted by Crippen LogP contribution is 2.42. The molecule has 198 valence electrons. The number of pyridine rings is 1. The Bertz CT molecular complexity index is 1460. The van der Waals surface area contributed by atoms with Gasteiger partial charge in [-0.05, 0) is 23.6 Å². The first-order chi connectivity index (χ1) is 17.9. The van der Waals surface area contributed by atoms with E-state index in [-0.39, 0.29) is 42.6 Å². The molecule has 11 heteroatoms. The van der Waals surface area contributed by atoms with E-state index < -0.39 is 17.8 Å². The summed E-state index contributed by atoms with van der Waals surface area (Å²) in [5.41, 5.74) is 1.58. The van der Waals surface area contributed by atoms with Gasteiger partial charge in [0.15, 0.2) is 11.5 Å². The molecular weight excluding hydrogens is 503 g/mol. The topological polar surface area (TPSA) is 59.7 Å². The van der Waals surface area contributed by atoms with Gasteiger partial charge in [-0.1, -0.05) is 38.1 Å². The molecule has 0 unspecified atom stereocenters. The third kappa shape index (κ3) is 4.84.